The molecule has 7 heteroatoms. The molecule has 1 saturated heterocycles. The topological polar surface area (TPSA) is 75.6 Å². The van der Waals surface area contributed by atoms with Crippen LogP contribution < -0.4 is 9.64 Å². The zero-order chi connectivity index (χ0) is 24.4. The first-order valence-electron chi connectivity index (χ1n) is 11.7. The molecule has 1 atom stereocenters. The minimum absolute atomic E-state index is 0.0561. The smallest absolute Gasteiger partial charge is 0.308 e. The molecule has 0 aliphatic carbocycles. The molecule has 3 aromatic carbocycles. The highest BCUT2D eigenvalue weighted by molar-refractivity contribution is 6.00. The van der Waals surface area contributed by atoms with Crippen molar-refractivity contribution in [2.75, 3.05) is 24.5 Å². The second kappa shape index (κ2) is 9.54. The zero-order valence-corrected chi connectivity index (χ0v) is 19.7. The largest absolute Gasteiger partial charge is 0.427 e. The monoisotopic (exact) mass is 466 g/mol. The van der Waals surface area contributed by atoms with Gasteiger partial charge in [-0.05, 0) is 43.3 Å². The summed E-state index contributed by atoms with van der Waals surface area (Å²) in [6.45, 7) is 5.40. The van der Waals surface area contributed by atoms with Gasteiger partial charge in [0, 0.05) is 54.5 Å². The highest BCUT2D eigenvalue weighted by Gasteiger charge is 2.29. The Hall–Kier alpha value is -4.26. The summed E-state index contributed by atoms with van der Waals surface area (Å²) in [4.78, 5) is 28.3. The molecular weight excluding hydrogens is 440 g/mol. The van der Waals surface area contributed by atoms with E-state index in [1.165, 1.54) is 6.92 Å². The number of fused-ring (bicyclic) bond motifs is 1. The van der Waals surface area contributed by atoms with Crippen LogP contribution in [0.1, 0.15) is 24.2 Å². The standard InChI is InChI=1S/C28H26N4O3/c1-19-18-31(28(34)22-8-4-3-5-9-22)16-17-32(19)27-25-11-7-6-10-24(25)26(29-30-27)21-12-14-23(15-13-21)35-20(2)33/h3-15,19H,16-18H2,1-2H3/t19-/m1/s1. The number of nitrogens with zero attached hydrogens (tertiary/aromatic N) is 4. The summed E-state index contributed by atoms with van der Waals surface area (Å²) < 4.78 is 5.15. The fourth-order valence-electron chi connectivity index (χ4n) is 4.58. The predicted octanol–water partition coefficient (Wildman–Crippen LogP) is 4.57. The normalized spacial score (nSPS) is 15.8. The molecule has 4 aromatic rings. The third-order valence-electron chi connectivity index (χ3n) is 6.26. The molecule has 1 amide bonds. The lowest BCUT2D eigenvalue weighted by Crippen LogP contribution is -2.54. The van der Waals surface area contributed by atoms with Crippen LogP contribution in [0.15, 0.2) is 78.9 Å². The van der Waals surface area contributed by atoms with E-state index in [4.69, 9.17) is 4.74 Å². The van der Waals surface area contributed by atoms with Gasteiger partial charge >= 0.3 is 5.97 Å². The first kappa shape index (κ1) is 22.5. The lowest BCUT2D eigenvalue weighted by molar-refractivity contribution is -0.131. The van der Waals surface area contributed by atoms with Crippen LogP contribution in [0.3, 0.4) is 0 Å². The van der Waals surface area contributed by atoms with Crippen LogP contribution in [-0.4, -0.2) is 52.6 Å². The van der Waals surface area contributed by atoms with Gasteiger partial charge in [-0.1, -0.05) is 42.5 Å². The molecule has 0 saturated carbocycles. The van der Waals surface area contributed by atoms with Gasteiger partial charge in [0.25, 0.3) is 5.91 Å². The fourth-order valence-corrected chi connectivity index (χ4v) is 4.58. The Balaban J connectivity index is 1.42. The molecule has 0 spiro atoms. The summed E-state index contributed by atoms with van der Waals surface area (Å²) >= 11 is 0. The van der Waals surface area contributed by atoms with Gasteiger partial charge in [0.05, 0.1) is 0 Å². The minimum Gasteiger partial charge on any atom is -0.427 e. The van der Waals surface area contributed by atoms with E-state index in [1.54, 1.807) is 12.1 Å². The molecule has 0 radical (unpaired) electrons. The number of carbonyl (C=O) groups excluding carboxylic acids is 2. The number of anilines is 1. The second-order valence-electron chi connectivity index (χ2n) is 8.70. The molecule has 176 valence electrons. The van der Waals surface area contributed by atoms with Gasteiger partial charge in [0.2, 0.25) is 0 Å². The maximum atomic E-state index is 12.9. The molecule has 1 fully saturated rings. The van der Waals surface area contributed by atoms with Crippen molar-refractivity contribution in [1.29, 1.82) is 0 Å². The number of piperazine rings is 1. The van der Waals surface area contributed by atoms with Crippen molar-refractivity contribution in [3.05, 3.63) is 84.4 Å². The molecule has 0 bridgehead atoms. The summed E-state index contributed by atoms with van der Waals surface area (Å²) in [5, 5.41) is 11.2. The quantitative estimate of drug-likeness (QED) is 0.324. The molecule has 1 aromatic heterocycles. The van der Waals surface area contributed by atoms with Crippen LogP contribution in [0.4, 0.5) is 5.82 Å². The van der Waals surface area contributed by atoms with Crippen LogP contribution in [-0.2, 0) is 4.79 Å². The average molecular weight is 467 g/mol. The molecule has 0 N–H and O–H groups in total. The van der Waals surface area contributed by atoms with Crippen molar-refractivity contribution in [3.8, 4) is 17.0 Å². The molecule has 5 rings (SSSR count). The zero-order valence-electron chi connectivity index (χ0n) is 19.7. The van der Waals surface area contributed by atoms with Crippen LogP contribution in [0, 0.1) is 0 Å². The summed E-state index contributed by atoms with van der Waals surface area (Å²) in [6, 6.07) is 24.9. The number of aromatic nitrogens is 2. The number of carbonyl (C=O) groups is 2. The number of hydrogen-bond donors (Lipinski definition) is 0. The molecule has 1 aliphatic heterocycles. The Labute approximate surface area is 204 Å². The number of benzene rings is 3. The molecule has 35 heavy (non-hydrogen) atoms. The lowest BCUT2D eigenvalue weighted by Gasteiger charge is -2.40. The number of rotatable bonds is 4. The summed E-state index contributed by atoms with van der Waals surface area (Å²) in [5.41, 5.74) is 2.37. The highest BCUT2D eigenvalue weighted by atomic mass is 16.5. The first-order chi connectivity index (χ1) is 17.0. The first-order valence-corrected chi connectivity index (χ1v) is 11.7. The SMILES string of the molecule is CC(=O)Oc1ccc(-c2nnc(N3CCN(C(=O)c4ccccc4)C[C@H]3C)c3ccccc23)cc1. The number of hydrogen-bond acceptors (Lipinski definition) is 6. The second-order valence-corrected chi connectivity index (χ2v) is 8.70. The lowest BCUT2D eigenvalue weighted by atomic mass is 10.0. The van der Waals surface area contributed by atoms with Gasteiger partial charge < -0.3 is 14.5 Å². The van der Waals surface area contributed by atoms with Gasteiger partial charge in [-0.3, -0.25) is 9.59 Å². The van der Waals surface area contributed by atoms with E-state index in [-0.39, 0.29) is 17.9 Å². The van der Waals surface area contributed by atoms with E-state index < -0.39 is 0 Å². The third kappa shape index (κ3) is 4.57. The van der Waals surface area contributed by atoms with E-state index in [9.17, 15) is 9.59 Å². The molecule has 7 nitrogen and oxygen atoms in total. The summed E-state index contributed by atoms with van der Waals surface area (Å²) in [6.07, 6.45) is 0. The van der Waals surface area contributed by atoms with Crippen LogP contribution in [0.5, 0.6) is 5.75 Å². The maximum Gasteiger partial charge on any atom is 0.308 e. The summed E-state index contributed by atoms with van der Waals surface area (Å²) in [7, 11) is 0. The van der Waals surface area contributed by atoms with E-state index in [0.717, 1.165) is 27.8 Å². The van der Waals surface area contributed by atoms with Crippen molar-refractivity contribution in [2.45, 2.75) is 19.9 Å². The number of amides is 1. The minimum atomic E-state index is -0.355. The van der Waals surface area contributed by atoms with Crippen molar-refractivity contribution < 1.29 is 14.3 Å². The molecular formula is C28H26N4O3. The van der Waals surface area contributed by atoms with Crippen molar-refractivity contribution >= 4 is 28.5 Å². The van der Waals surface area contributed by atoms with Gasteiger partial charge in [-0.25, -0.2) is 0 Å². The van der Waals surface area contributed by atoms with Crippen LogP contribution in [0.2, 0.25) is 0 Å². The molecule has 1 aliphatic rings. The fraction of sp³-hybridized carbons (Fsp3) is 0.214. The van der Waals surface area contributed by atoms with E-state index in [1.807, 2.05) is 65.6 Å². The maximum absolute atomic E-state index is 12.9. The van der Waals surface area contributed by atoms with Crippen LogP contribution >= 0.6 is 0 Å². The Morgan fingerprint density at radius 3 is 2.23 bits per heavy atom. The third-order valence-corrected chi connectivity index (χ3v) is 6.26. The average Bonchev–Trinajstić information content (AvgIpc) is 2.88. The molecule has 2 heterocycles. The Kier molecular flexibility index (Phi) is 6.14. The van der Waals surface area contributed by atoms with Crippen molar-refractivity contribution in [1.82, 2.24) is 15.1 Å². The van der Waals surface area contributed by atoms with Crippen molar-refractivity contribution in [2.24, 2.45) is 0 Å². The highest BCUT2D eigenvalue weighted by Crippen LogP contribution is 2.33. The van der Waals surface area contributed by atoms with E-state index >= 15 is 0 Å². The molecule has 0 unspecified atom stereocenters. The van der Waals surface area contributed by atoms with E-state index in [2.05, 4.69) is 28.1 Å². The van der Waals surface area contributed by atoms with Gasteiger partial charge in [-0.2, -0.15) is 0 Å². The Bertz CT molecular complexity index is 1370. The summed E-state index contributed by atoms with van der Waals surface area (Å²) in [5.74, 6) is 1.01. The number of ether oxygens (including phenoxy) is 1. The van der Waals surface area contributed by atoms with Gasteiger partial charge in [0.15, 0.2) is 5.82 Å². The van der Waals surface area contributed by atoms with Gasteiger partial charge in [0.1, 0.15) is 11.4 Å². The van der Waals surface area contributed by atoms with Crippen LogP contribution in [0.25, 0.3) is 22.0 Å². The Morgan fingerprint density at radius 1 is 0.857 bits per heavy atom. The number of esters is 1. The Morgan fingerprint density at radius 2 is 1.54 bits per heavy atom. The van der Waals surface area contributed by atoms with E-state index in [0.29, 0.717) is 30.9 Å². The van der Waals surface area contributed by atoms with Crippen molar-refractivity contribution in [3.63, 3.8) is 0 Å². The predicted molar refractivity (Wildman–Crippen MR) is 135 cm³/mol. The van der Waals surface area contributed by atoms with Gasteiger partial charge in [-0.15, -0.1) is 10.2 Å².